The summed E-state index contributed by atoms with van der Waals surface area (Å²) in [5.74, 6) is 4.35. The van der Waals surface area contributed by atoms with Crippen LogP contribution < -0.4 is 11.1 Å². The molecule has 1 amide bonds. The Balaban J connectivity index is 3.90. The maximum absolute atomic E-state index is 11.1. The molecule has 0 rings (SSSR count). The van der Waals surface area contributed by atoms with Crippen molar-refractivity contribution in [1.29, 1.82) is 0 Å². The summed E-state index contributed by atoms with van der Waals surface area (Å²) in [6.07, 6.45) is 10.3. The van der Waals surface area contributed by atoms with Gasteiger partial charge in [-0.05, 0) is 6.92 Å². The summed E-state index contributed by atoms with van der Waals surface area (Å²) >= 11 is 0. The highest BCUT2D eigenvalue weighted by atomic mass is 16.2. The molecule has 0 aliphatic rings. The molecule has 3 nitrogen and oxygen atoms in total. The Bertz CT molecular complexity index is 234. The molecule has 0 bridgehead atoms. The van der Waals surface area contributed by atoms with E-state index in [4.69, 9.17) is 18.6 Å². The van der Waals surface area contributed by atoms with E-state index >= 15 is 0 Å². The van der Waals surface area contributed by atoms with Crippen molar-refractivity contribution in [3.05, 3.63) is 0 Å². The van der Waals surface area contributed by atoms with Crippen LogP contribution in [0.25, 0.3) is 0 Å². The van der Waals surface area contributed by atoms with Crippen LogP contribution in [0.4, 0.5) is 0 Å². The van der Waals surface area contributed by atoms with Crippen molar-refractivity contribution in [2.75, 3.05) is 0 Å². The molecule has 12 heavy (non-hydrogen) atoms. The topological polar surface area (TPSA) is 55.1 Å². The normalized spacial score (nSPS) is 13.7. The molecule has 0 aromatic heterocycles. The van der Waals surface area contributed by atoms with Crippen molar-refractivity contribution in [2.45, 2.75) is 25.4 Å². The molecule has 2 unspecified atom stereocenters. The predicted octanol–water partition coefficient (Wildman–Crippen LogP) is -0.525. The molecule has 0 heterocycles. The molecule has 3 heteroatoms. The van der Waals surface area contributed by atoms with Gasteiger partial charge >= 0.3 is 0 Å². The smallest absolute Gasteiger partial charge is 0.238 e. The lowest BCUT2D eigenvalue weighted by Crippen LogP contribution is -2.43. The second kappa shape index (κ2) is 5.23. The minimum absolute atomic E-state index is 0.225. The number of terminal acetylenes is 2. The molecule has 0 radical (unpaired) electrons. The molecule has 0 fully saturated rings. The van der Waals surface area contributed by atoms with Crippen molar-refractivity contribution in [3.63, 3.8) is 0 Å². The monoisotopic (exact) mass is 164 g/mol. The summed E-state index contributed by atoms with van der Waals surface area (Å²) < 4.78 is 0. The fourth-order valence-electron chi connectivity index (χ4n) is 0.582. The second-order valence-corrected chi connectivity index (χ2v) is 2.41. The van der Waals surface area contributed by atoms with Crippen LogP contribution in [0.3, 0.4) is 0 Å². The van der Waals surface area contributed by atoms with Gasteiger partial charge in [0, 0.05) is 6.42 Å². The lowest BCUT2D eigenvalue weighted by molar-refractivity contribution is -0.122. The van der Waals surface area contributed by atoms with Crippen LogP contribution in [-0.4, -0.2) is 18.0 Å². The largest absolute Gasteiger partial charge is 0.341 e. The highest BCUT2D eigenvalue weighted by Crippen LogP contribution is 1.87. The van der Waals surface area contributed by atoms with E-state index < -0.39 is 6.04 Å². The van der Waals surface area contributed by atoms with Crippen LogP contribution in [0.5, 0.6) is 0 Å². The van der Waals surface area contributed by atoms with Crippen molar-refractivity contribution in [3.8, 4) is 24.7 Å². The van der Waals surface area contributed by atoms with Gasteiger partial charge in [-0.1, -0.05) is 5.92 Å². The number of nitrogens with two attached hydrogens (primary N) is 1. The molecular formula is C9H12N2O. The zero-order valence-corrected chi connectivity index (χ0v) is 7.00. The van der Waals surface area contributed by atoms with Crippen LogP contribution in [0.1, 0.15) is 13.3 Å². The maximum Gasteiger partial charge on any atom is 0.238 e. The SMILES string of the molecule is C#CCC(N)C(=O)NC(C)C#C. The van der Waals surface area contributed by atoms with Crippen LogP contribution >= 0.6 is 0 Å². The predicted molar refractivity (Wildman–Crippen MR) is 47.9 cm³/mol. The van der Waals surface area contributed by atoms with Crippen LogP contribution in [-0.2, 0) is 4.79 Å². The molecule has 0 aromatic rings. The minimum Gasteiger partial charge on any atom is -0.341 e. The highest BCUT2D eigenvalue weighted by molar-refractivity contribution is 5.82. The van der Waals surface area contributed by atoms with Gasteiger partial charge in [-0.25, -0.2) is 0 Å². The molecular weight excluding hydrogens is 152 g/mol. The van der Waals surface area contributed by atoms with Gasteiger partial charge in [0.1, 0.15) is 0 Å². The molecule has 3 N–H and O–H groups in total. The van der Waals surface area contributed by atoms with Gasteiger partial charge in [-0.3, -0.25) is 4.79 Å². The van der Waals surface area contributed by atoms with E-state index in [1.807, 2.05) is 0 Å². The number of hydrogen-bond acceptors (Lipinski definition) is 2. The summed E-state index contributed by atoms with van der Waals surface area (Å²) in [6.45, 7) is 1.69. The first-order valence-electron chi connectivity index (χ1n) is 3.57. The Morgan fingerprint density at radius 2 is 2.25 bits per heavy atom. The van der Waals surface area contributed by atoms with Crippen LogP contribution in [0, 0.1) is 24.7 Å². The Labute approximate surface area is 72.7 Å². The van der Waals surface area contributed by atoms with Crippen LogP contribution in [0.2, 0.25) is 0 Å². The first-order chi connectivity index (χ1) is 5.61. The van der Waals surface area contributed by atoms with Crippen molar-refractivity contribution >= 4 is 5.91 Å². The molecule has 0 saturated heterocycles. The molecule has 0 spiro atoms. The quantitative estimate of drug-likeness (QED) is 0.551. The molecule has 64 valence electrons. The van der Waals surface area contributed by atoms with E-state index in [2.05, 4.69) is 17.2 Å². The van der Waals surface area contributed by atoms with Gasteiger partial charge in [0.05, 0.1) is 12.1 Å². The summed E-state index contributed by atoms with van der Waals surface area (Å²) in [4.78, 5) is 11.1. The number of amides is 1. The second-order valence-electron chi connectivity index (χ2n) is 2.41. The fourth-order valence-corrected chi connectivity index (χ4v) is 0.582. The van der Waals surface area contributed by atoms with E-state index in [1.165, 1.54) is 0 Å². The lowest BCUT2D eigenvalue weighted by Gasteiger charge is -2.11. The summed E-state index contributed by atoms with van der Waals surface area (Å²) in [5, 5.41) is 2.52. The fraction of sp³-hybridized carbons (Fsp3) is 0.444. The summed E-state index contributed by atoms with van der Waals surface area (Å²) in [6, 6.07) is -0.966. The average Bonchev–Trinajstić information content (AvgIpc) is 2.04. The van der Waals surface area contributed by atoms with Crippen LogP contribution in [0.15, 0.2) is 0 Å². The standard InChI is InChI=1S/C9H12N2O/c1-4-6-8(10)9(12)11-7(3)5-2/h1-2,7-8H,6,10H2,3H3,(H,11,12). The third-order valence-electron chi connectivity index (χ3n) is 1.28. The van der Waals surface area contributed by atoms with Gasteiger partial charge in [-0.15, -0.1) is 18.8 Å². The Morgan fingerprint density at radius 3 is 2.67 bits per heavy atom. The van der Waals surface area contributed by atoms with E-state index in [0.29, 0.717) is 0 Å². The molecule has 0 aromatic carbocycles. The van der Waals surface area contributed by atoms with Gasteiger partial charge in [0.15, 0.2) is 0 Å². The zero-order chi connectivity index (χ0) is 9.56. The van der Waals surface area contributed by atoms with E-state index in [-0.39, 0.29) is 18.4 Å². The number of carbonyl (C=O) groups is 1. The first-order valence-corrected chi connectivity index (χ1v) is 3.57. The number of rotatable bonds is 3. The average molecular weight is 164 g/mol. The number of hydrogen-bond donors (Lipinski definition) is 2. The van der Waals surface area contributed by atoms with Gasteiger partial charge in [-0.2, -0.15) is 0 Å². The minimum atomic E-state index is -0.661. The summed E-state index contributed by atoms with van der Waals surface area (Å²) in [7, 11) is 0. The molecule has 0 aliphatic heterocycles. The van der Waals surface area contributed by atoms with E-state index in [0.717, 1.165) is 0 Å². The lowest BCUT2D eigenvalue weighted by atomic mass is 10.2. The van der Waals surface area contributed by atoms with Crippen molar-refractivity contribution in [2.24, 2.45) is 5.73 Å². The molecule has 2 atom stereocenters. The third-order valence-corrected chi connectivity index (χ3v) is 1.28. The summed E-state index contributed by atoms with van der Waals surface area (Å²) in [5.41, 5.74) is 5.41. The van der Waals surface area contributed by atoms with Gasteiger partial charge in [0.25, 0.3) is 0 Å². The Kier molecular flexibility index (Phi) is 4.60. The van der Waals surface area contributed by atoms with Crippen molar-refractivity contribution < 1.29 is 4.79 Å². The maximum atomic E-state index is 11.1. The van der Waals surface area contributed by atoms with Gasteiger partial charge < -0.3 is 11.1 Å². The van der Waals surface area contributed by atoms with Gasteiger partial charge in [0.2, 0.25) is 5.91 Å². The third kappa shape index (κ3) is 3.65. The first kappa shape index (κ1) is 10.6. The zero-order valence-electron chi connectivity index (χ0n) is 7.00. The number of carbonyl (C=O) groups excluding carboxylic acids is 1. The van der Waals surface area contributed by atoms with Crippen molar-refractivity contribution in [1.82, 2.24) is 5.32 Å². The Hall–Kier alpha value is -1.45. The molecule has 0 aliphatic carbocycles. The highest BCUT2D eigenvalue weighted by Gasteiger charge is 2.12. The Morgan fingerprint density at radius 1 is 1.67 bits per heavy atom. The number of nitrogens with one attached hydrogen (secondary N) is 1. The molecule has 0 saturated carbocycles. The van der Waals surface area contributed by atoms with E-state index in [1.54, 1.807) is 6.92 Å². The van der Waals surface area contributed by atoms with E-state index in [9.17, 15) is 4.79 Å².